The number of aromatic nitrogens is 3. The van der Waals surface area contributed by atoms with Crippen molar-refractivity contribution in [2.75, 3.05) is 13.4 Å². The number of methoxy groups -OCH3 is 1. The summed E-state index contributed by atoms with van der Waals surface area (Å²) in [6, 6.07) is 15.3. The highest BCUT2D eigenvalue weighted by atomic mass is 32.2. The summed E-state index contributed by atoms with van der Waals surface area (Å²) in [5.41, 5.74) is 3.78. The first-order chi connectivity index (χ1) is 14.4. The molecule has 2 heterocycles. The Hall–Kier alpha value is -3.26. The van der Waals surface area contributed by atoms with E-state index in [1.807, 2.05) is 16.5 Å². The highest BCUT2D eigenvalue weighted by molar-refractivity contribution is 7.90. The summed E-state index contributed by atoms with van der Waals surface area (Å²) in [6.45, 7) is 0. The van der Waals surface area contributed by atoms with Crippen LogP contribution in [0.2, 0.25) is 0 Å². The molecule has 0 aliphatic rings. The van der Waals surface area contributed by atoms with Crippen LogP contribution >= 0.6 is 0 Å². The molecule has 0 amide bonds. The standard InChI is InChI=1S/C22H20FN3O3S/c1-29-21-5-3-4-20(23)19(21)13-9-16-8-12-18(22-25-24-14-26(16)22)15-6-10-17(11-7-15)30(2,27)28/h3-8,10-12,14H,9,13H2,1-2H3. The van der Waals surface area contributed by atoms with Gasteiger partial charge in [0.25, 0.3) is 0 Å². The molecule has 0 bridgehead atoms. The van der Waals surface area contributed by atoms with Crippen LogP contribution < -0.4 is 4.74 Å². The van der Waals surface area contributed by atoms with E-state index in [4.69, 9.17) is 4.74 Å². The highest BCUT2D eigenvalue weighted by Crippen LogP contribution is 2.27. The van der Waals surface area contributed by atoms with Crippen molar-refractivity contribution in [3.05, 3.63) is 78.0 Å². The third-order valence-corrected chi connectivity index (χ3v) is 6.19. The molecule has 154 valence electrons. The van der Waals surface area contributed by atoms with E-state index in [1.54, 1.807) is 42.7 Å². The van der Waals surface area contributed by atoms with Crippen LogP contribution in [-0.2, 0) is 22.7 Å². The Morgan fingerprint density at radius 1 is 1.03 bits per heavy atom. The summed E-state index contributed by atoms with van der Waals surface area (Å²) in [5.74, 6) is 0.231. The lowest BCUT2D eigenvalue weighted by Gasteiger charge is -2.12. The zero-order valence-corrected chi connectivity index (χ0v) is 17.4. The van der Waals surface area contributed by atoms with Gasteiger partial charge in [0.2, 0.25) is 0 Å². The monoisotopic (exact) mass is 425 g/mol. The van der Waals surface area contributed by atoms with Crippen molar-refractivity contribution in [1.82, 2.24) is 14.6 Å². The second-order valence-electron chi connectivity index (χ2n) is 6.98. The summed E-state index contributed by atoms with van der Waals surface area (Å²) in [5, 5.41) is 8.26. The lowest BCUT2D eigenvalue weighted by molar-refractivity contribution is 0.404. The zero-order chi connectivity index (χ0) is 21.3. The van der Waals surface area contributed by atoms with Crippen molar-refractivity contribution in [2.45, 2.75) is 17.7 Å². The lowest BCUT2D eigenvalue weighted by Crippen LogP contribution is -2.03. The number of hydrogen-bond donors (Lipinski definition) is 0. The van der Waals surface area contributed by atoms with Gasteiger partial charge in [-0.1, -0.05) is 18.2 Å². The van der Waals surface area contributed by atoms with Gasteiger partial charge in [-0.15, -0.1) is 10.2 Å². The second kappa shape index (κ2) is 7.87. The van der Waals surface area contributed by atoms with E-state index in [9.17, 15) is 12.8 Å². The highest BCUT2D eigenvalue weighted by Gasteiger charge is 2.14. The first-order valence-electron chi connectivity index (χ1n) is 9.32. The van der Waals surface area contributed by atoms with E-state index in [2.05, 4.69) is 10.2 Å². The molecule has 2 aromatic carbocycles. The van der Waals surface area contributed by atoms with Gasteiger partial charge in [-0.25, -0.2) is 12.8 Å². The lowest BCUT2D eigenvalue weighted by atomic mass is 10.0. The summed E-state index contributed by atoms with van der Waals surface area (Å²) in [7, 11) is -1.73. The molecule has 4 aromatic rings. The van der Waals surface area contributed by atoms with Gasteiger partial charge in [0, 0.05) is 23.1 Å². The number of nitrogens with zero attached hydrogens (tertiary/aromatic N) is 3. The maximum absolute atomic E-state index is 14.2. The van der Waals surface area contributed by atoms with Gasteiger partial charge < -0.3 is 4.74 Å². The fourth-order valence-corrected chi connectivity index (χ4v) is 4.13. The molecular formula is C22H20FN3O3S. The third kappa shape index (κ3) is 3.78. The van der Waals surface area contributed by atoms with Crippen molar-refractivity contribution in [1.29, 1.82) is 0 Å². The third-order valence-electron chi connectivity index (χ3n) is 5.06. The fraction of sp³-hybridized carbons (Fsp3) is 0.182. The Kier molecular flexibility index (Phi) is 5.26. The number of aryl methyl sites for hydroxylation is 1. The van der Waals surface area contributed by atoms with Gasteiger partial charge in [-0.05, 0) is 54.8 Å². The van der Waals surface area contributed by atoms with E-state index in [1.165, 1.54) is 19.4 Å². The van der Waals surface area contributed by atoms with Crippen LogP contribution in [0.25, 0.3) is 16.8 Å². The molecule has 0 saturated carbocycles. The fourth-order valence-electron chi connectivity index (χ4n) is 3.50. The molecule has 0 N–H and O–H groups in total. The molecule has 0 saturated heterocycles. The maximum atomic E-state index is 14.2. The Morgan fingerprint density at radius 3 is 2.50 bits per heavy atom. The van der Waals surface area contributed by atoms with Crippen LogP contribution in [-0.4, -0.2) is 36.4 Å². The van der Waals surface area contributed by atoms with E-state index >= 15 is 0 Å². The van der Waals surface area contributed by atoms with Crippen LogP contribution in [0.3, 0.4) is 0 Å². The van der Waals surface area contributed by atoms with Gasteiger partial charge in [0.15, 0.2) is 15.5 Å². The average molecular weight is 425 g/mol. The smallest absolute Gasteiger partial charge is 0.175 e. The van der Waals surface area contributed by atoms with E-state index in [0.29, 0.717) is 29.8 Å². The Morgan fingerprint density at radius 2 is 1.80 bits per heavy atom. The number of ether oxygens (including phenoxy) is 1. The number of halogens is 1. The molecular weight excluding hydrogens is 405 g/mol. The number of pyridine rings is 1. The second-order valence-corrected chi connectivity index (χ2v) is 9.00. The molecule has 0 unspecified atom stereocenters. The number of sulfone groups is 1. The largest absolute Gasteiger partial charge is 0.496 e. The van der Waals surface area contributed by atoms with E-state index in [0.717, 1.165) is 16.8 Å². The van der Waals surface area contributed by atoms with Crippen molar-refractivity contribution in [3.8, 4) is 16.9 Å². The molecule has 0 aliphatic carbocycles. The molecule has 0 atom stereocenters. The van der Waals surface area contributed by atoms with Gasteiger partial charge >= 0.3 is 0 Å². The van der Waals surface area contributed by atoms with E-state index < -0.39 is 9.84 Å². The molecule has 4 rings (SSSR count). The quantitative estimate of drug-likeness (QED) is 0.471. The molecule has 0 spiro atoms. The molecule has 30 heavy (non-hydrogen) atoms. The van der Waals surface area contributed by atoms with Gasteiger partial charge in [0.05, 0.1) is 12.0 Å². The van der Waals surface area contributed by atoms with Crippen molar-refractivity contribution >= 4 is 15.5 Å². The van der Waals surface area contributed by atoms with Gasteiger partial charge in [-0.2, -0.15) is 0 Å². The van der Waals surface area contributed by atoms with Crippen molar-refractivity contribution < 1.29 is 17.5 Å². The van der Waals surface area contributed by atoms with Gasteiger partial charge in [-0.3, -0.25) is 4.40 Å². The minimum Gasteiger partial charge on any atom is -0.496 e. The van der Waals surface area contributed by atoms with E-state index in [-0.39, 0.29) is 10.7 Å². The first-order valence-corrected chi connectivity index (χ1v) is 11.2. The molecule has 0 radical (unpaired) electrons. The topological polar surface area (TPSA) is 73.6 Å². The average Bonchev–Trinajstić information content (AvgIpc) is 3.22. The predicted molar refractivity (Wildman–Crippen MR) is 112 cm³/mol. The number of benzene rings is 2. The molecule has 6 nitrogen and oxygen atoms in total. The molecule has 2 aromatic heterocycles. The van der Waals surface area contributed by atoms with Crippen LogP contribution in [0.5, 0.6) is 5.75 Å². The van der Waals surface area contributed by atoms with Crippen LogP contribution in [0, 0.1) is 5.82 Å². The number of hydrogen-bond acceptors (Lipinski definition) is 5. The molecule has 0 aliphatic heterocycles. The Bertz CT molecular complexity index is 1320. The van der Waals surface area contributed by atoms with Crippen LogP contribution in [0.1, 0.15) is 11.3 Å². The summed E-state index contributed by atoms with van der Waals surface area (Å²) in [4.78, 5) is 0.263. The molecule has 0 fully saturated rings. The predicted octanol–water partition coefficient (Wildman–Crippen LogP) is 3.73. The minimum atomic E-state index is -3.26. The Balaban J connectivity index is 1.67. The SMILES string of the molecule is COc1cccc(F)c1CCc1ccc(-c2ccc(S(C)(=O)=O)cc2)c2nncn12. The molecule has 8 heteroatoms. The van der Waals surface area contributed by atoms with Crippen molar-refractivity contribution in [3.63, 3.8) is 0 Å². The first kappa shape index (κ1) is 20.0. The minimum absolute atomic E-state index is 0.263. The van der Waals surface area contributed by atoms with Gasteiger partial charge in [0.1, 0.15) is 17.9 Å². The van der Waals surface area contributed by atoms with Crippen LogP contribution in [0.15, 0.2) is 65.8 Å². The Labute approximate surface area is 173 Å². The van der Waals surface area contributed by atoms with Crippen LogP contribution in [0.4, 0.5) is 4.39 Å². The summed E-state index contributed by atoms with van der Waals surface area (Å²) < 4.78 is 44.8. The maximum Gasteiger partial charge on any atom is 0.175 e. The number of rotatable bonds is 6. The summed E-state index contributed by atoms with van der Waals surface area (Å²) in [6.07, 6.45) is 3.83. The number of fused-ring (bicyclic) bond motifs is 1. The normalized spacial score (nSPS) is 11.7. The van der Waals surface area contributed by atoms with Crippen molar-refractivity contribution in [2.24, 2.45) is 0 Å². The summed E-state index contributed by atoms with van der Waals surface area (Å²) >= 11 is 0. The zero-order valence-electron chi connectivity index (χ0n) is 16.5.